The summed E-state index contributed by atoms with van der Waals surface area (Å²) >= 11 is 5.69. The third kappa shape index (κ3) is 2.69. The highest BCUT2D eigenvalue weighted by molar-refractivity contribution is 6.17. The van der Waals surface area contributed by atoms with E-state index in [1.807, 2.05) is 4.90 Å². The summed E-state index contributed by atoms with van der Waals surface area (Å²) in [6, 6.07) is 1.63. The molecule has 94 valence electrons. The van der Waals surface area contributed by atoms with Crippen LogP contribution < -0.4 is 4.90 Å². The van der Waals surface area contributed by atoms with Crippen LogP contribution in [0.4, 0.5) is 10.2 Å². The lowest BCUT2D eigenvalue weighted by atomic mass is 10.2. The van der Waals surface area contributed by atoms with E-state index in [-0.39, 0.29) is 11.7 Å². The van der Waals surface area contributed by atoms with Crippen molar-refractivity contribution in [3.63, 3.8) is 0 Å². The van der Waals surface area contributed by atoms with E-state index in [0.717, 1.165) is 32.7 Å². The molecule has 1 aromatic rings. The quantitative estimate of drug-likeness (QED) is 0.773. The molecule has 1 saturated heterocycles. The standard InChI is InChI=1S/C12H17ClFN3/c1-2-16-5-7-17(8-6-16)12-11(14)10(9-13)3-4-15-12/h3-4H,2,5-9H2,1H3. The van der Waals surface area contributed by atoms with Crippen LogP contribution in [0.15, 0.2) is 12.3 Å². The van der Waals surface area contributed by atoms with Gasteiger partial charge in [-0.2, -0.15) is 0 Å². The summed E-state index contributed by atoms with van der Waals surface area (Å²) in [4.78, 5) is 8.48. The van der Waals surface area contributed by atoms with E-state index >= 15 is 0 Å². The molecule has 5 heteroatoms. The lowest BCUT2D eigenvalue weighted by molar-refractivity contribution is 0.269. The molecule has 0 bridgehead atoms. The Balaban J connectivity index is 2.13. The van der Waals surface area contributed by atoms with Gasteiger partial charge in [-0.05, 0) is 12.6 Å². The minimum Gasteiger partial charge on any atom is -0.352 e. The predicted molar refractivity (Wildman–Crippen MR) is 68.1 cm³/mol. The van der Waals surface area contributed by atoms with Crippen LogP contribution >= 0.6 is 11.6 Å². The van der Waals surface area contributed by atoms with Gasteiger partial charge in [0, 0.05) is 37.9 Å². The number of nitrogens with zero attached hydrogens (tertiary/aromatic N) is 3. The number of rotatable bonds is 3. The lowest BCUT2D eigenvalue weighted by Crippen LogP contribution is -2.46. The van der Waals surface area contributed by atoms with Crippen LogP contribution in [0.2, 0.25) is 0 Å². The highest BCUT2D eigenvalue weighted by Crippen LogP contribution is 2.21. The van der Waals surface area contributed by atoms with E-state index in [1.165, 1.54) is 0 Å². The number of halogens is 2. The van der Waals surface area contributed by atoms with Crippen LogP contribution in [0, 0.1) is 5.82 Å². The summed E-state index contributed by atoms with van der Waals surface area (Å²) in [5.41, 5.74) is 0.523. The van der Waals surface area contributed by atoms with Crippen LogP contribution in [0.1, 0.15) is 12.5 Å². The number of alkyl halides is 1. The smallest absolute Gasteiger partial charge is 0.170 e. The molecule has 1 fully saturated rings. The van der Waals surface area contributed by atoms with Gasteiger partial charge in [0.2, 0.25) is 0 Å². The van der Waals surface area contributed by atoms with Crippen LogP contribution in [-0.4, -0.2) is 42.6 Å². The fourth-order valence-electron chi connectivity index (χ4n) is 2.07. The maximum Gasteiger partial charge on any atom is 0.170 e. The molecule has 0 unspecified atom stereocenters. The van der Waals surface area contributed by atoms with Gasteiger partial charge in [-0.1, -0.05) is 6.92 Å². The van der Waals surface area contributed by atoms with Crippen molar-refractivity contribution in [2.45, 2.75) is 12.8 Å². The molecule has 0 saturated carbocycles. The molecule has 17 heavy (non-hydrogen) atoms. The molecule has 0 aromatic carbocycles. The van der Waals surface area contributed by atoms with Gasteiger partial charge in [0.05, 0.1) is 5.88 Å². The summed E-state index contributed by atoms with van der Waals surface area (Å²) in [7, 11) is 0. The Morgan fingerprint density at radius 1 is 1.35 bits per heavy atom. The third-order valence-electron chi connectivity index (χ3n) is 3.21. The Hall–Kier alpha value is -0.870. The summed E-state index contributed by atoms with van der Waals surface area (Å²) in [6.07, 6.45) is 1.63. The number of aromatic nitrogens is 1. The van der Waals surface area contributed by atoms with Gasteiger partial charge in [0.15, 0.2) is 11.6 Å². The van der Waals surface area contributed by atoms with Gasteiger partial charge < -0.3 is 9.80 Å². The highest BCUT2D eigenvalue weighted by atomic mass is 35.5. The van der Waals surface area contributed by atoms with Crippen LogP contribution in [0.5, 0.6) is 0 Å². The SMILES string of the molecule is CCN1CCN(c2nccc(CCl)c2F)CC1. The van der Waals surface area contributed by atoms with E-state index in [1.54, 1.807) is 12.3 Å². The summed E-state index contributed by atoms with van der Waals surface area (Å²) in [6.45, 7) is 6.76. The first-order valence-electron chi connectivity index (χ1n) is 5.93. The van der Waals surface area contributed by atoms with Crippen molar-refractivity contribution >= 4 is 17.4 Å². The summed E-state index contributed by atoms with van der Waals surface area (Å²) in [5.74, 6) is 0.363. The van der Waals surface area contributed by atoms with Crippen LogP contribution in [0.3, 0.4) is 0 Å². The molecule has 0 N–H and O–H groups in total. The number of pyridine rings is 1. The average Bonchev–Trinajstić information content (AvgIpc) is 2.39. The fraction of sp³-hybridized carbons (Fsp3) is 0.583. The van der Waals surface area contributed by atoms with Crippen molar-refractivity contribution in [2.75, 3.05) is 37.6 Å². The number of anilines is 1. The number of piperazine rings is 1. The van der Waals surface area contributed by atoms with Crippen molar-refractivity contribution in [3.8, 4) is 0 Å². The fourth-order valence-corrected chi connectivity index (χ4v) is 2.28. The van der Waals surface area contributed by atoms with E-state index in [4.69, 9.17) is 11.6 Å². The highest BCUT2D eigenvalue weighted by Gasteiger charge is 2.20. The van der Waals surface area contributed by atoms with Crippen LogP contribution in [-0.2, 0) is 5.88 Å². The van der Waals surface area contributed by atoms with Crippen molar-refractivity contribution in [2.24, 2.45) is 0 Å². The Labute approximate surface area is 106 Å². The molecule has 1 aliphatic rings. The van der Waals surface area contributed by atoms with E-state index < -0.39 is 0 Å². The maximum absolute atomic E-state index is 14.0. The van der Waals surface area contributed by atoms with Gasteiger partial charge >= 0.3 is 0 Å². The molecule has 0 aliphatic carbocycles. The van der Waals surface area contributed by atoms with Gasteiger partial charge in [0.25, 0.3) is 0 Å². The Morgan fingerprint density at radius 3 is 2.65 bits per heavy atom. The van der Waals surface area contributed by atoms with Gasteiger partial charge in [-0.25, -0.2) is 9.37 Å². The normalized spacial score (nSPS) is 17.5. The van der Waals surface area contributed by atoms with E-state index in [2.05, 4.69) is 16.8 Å². The number of hydrogen-bond donors (Lipinski definition) is 0. The van der Waals surface area contributed by atoms with Crippen LogP contribution in [0.25, 0.3) is 0 Å². The van der Waals surface area contributed by atoms with Crippen molar-refractivity contribution in [1.29, 1.82) is 0 Å². The second-order valence-electron chi connectivity index (χ2n) is 4.16. The van der Waals surface area contributed by atoms with Crippen molar-refractivity contribution in [3.05, 3.63) is 23.6 Å². The third-order valence-corrected chi connectivity index (χ3v) is 3.50. The van der Waals surface area contributed by atoms with Gasteiger partial charge in [0.1, 0.15) is 0 Å². The molecule has 0 amide bonds. The molecule has 3 nitrogen and oxygen atoms in total. The minimum absolute atomic E-state index is 0.191. The zero-order valence-electron chi connectivity index (χ0n) is 9.99. The second-order valence-corrected chi connectivity index (χ2v) is 4.43. The largest absolute Gasteiger partial charge is 0.352 e. The zero-order chi connectivity index (χ0) is 12.3. The molecule has 1 aromatic heterocycles. The molecule has 2 heterocycles. The number of hydrogen-bond acceptors (Lipinski definition) is 3. The Kier molecular flexibility index (Phi) is 4.18. The predicted octanol–water partition coefficient (Wildman–Crippen LogP) is 2.10. The lowest BCUT2D eigenvalue weighted by Gasteiger charge is -2.35. The molecule has 0 spiro atoms. The maximum atomic E-state index is 14.0. The van der Waals surface area contributed by atoms with E-state index in [0.29, 0.717) is 11.4 Å². The molecule has 0 atom stereocenters. The Morgan fingerprint density at radius 2 is 2.06 bits per heavy atom. The average molecular weight is 258 g/mol. The first kappa shape index (κ1) is 12.6. The van der Waals surface area contributed by atoms with E-state index in [9.17, 15) is 4.39 Å². The van der Waals surface area contributed by atoms with Crippen molar-refractivity contribution < 1.29 is 4.39 Å². The molecule has 1 aliphatic heterocycles. The monoisotopic (exact) mass is 257 g/mol. The Bertz CT molecular complexity index is 378. The molecule has 0 radical (unpaired) electrons. The number of likely N-dealkylation sites (N-methyl/N-ethyl adjacent to an activating group) is 1. The molecular formula is C12H17ClFN3. The first-order valence-corrected chi connectivity index (χ1v) is 6.46. The van der Waals surface area contributed by atoms with Gasteiger partial charge in [-0.15, -0.1) is 11.6 Å². The first-order chi connectivity index (χ1) is 8.26. The summed E-state index contributed by atoms with van der Waals surface area (Å²) < 4.78 is 14.0. The minimum atomic E-state index is -0.271. The molecule has 2 rings (SSSR count). The topological polar surface area (TPSA) is 19.4 Å². The van der Waals surface area contributed by atoms with Crippen molar-refractivity contribution in [1.82, 2.24) is 9.88 Å². The zero-order valence-corrected chi connectivity index (χ0v) is 10.8. The summed E-state index contributed by atoms with van der Waals surface area (Å²) in [5, 5.41) is 0. The second kappa shape index (κ2) is 5.65. The molecular weight excluding hydrogens is 241 g/mol. The van der Waals surface area contributed by atoms with Gasteiger partial charge in [-0.3, -0.25) is 0 Å².